The Morgan fingerprint density at radius 1 is 1.27 bits per heavy atom. The first-order chi connectivity index (χ1) is 13.8. The van der Waals surface area contributed by atoms with Crippen LogP contribution >= 0.6 is 11.3 Å². The third-order valence-corrected chi connectivity index (χ3v) is 5.44. The molecule has 1 saturated heterocycles. The average molecular weight is 455 g/mol. The highest BCUT2D eigenvalue weighted by Crippen LogP contribution is 2.36. The number of amides is 1. The summed E-state index contributed by atoms with van der Waals surface area (Å²) in [5.41, 5.74) is 0.177. The lowest BCUT2D eigenvalue weighted by Gasteiger charge is -2.46. The van der Waals surface area contributed by atoms with Crippen LogP contribution in [0.1, 0.15) is 18.9 Å². The normalized spacial score (nSPS) is 20.6. The fraction of sp³-hybridized carbons (Fsp3) is 0.500. The van der Waals surface area contributed by atoms with E-state index in [4.69, 9.17) is 0 Å². The molecule has 0 unspecified atom stereocenters. The van der Waals surface area contributed by atoms with Gasteiger partial charge in [0, 0.05) is 18.8 Å². The molecule has 0 radical (unpaired) electrons. The zero-order chi connectivity index (χ0) is 22.3. The van der Waals surface area contributed by atoms with Gasteiger partial charge in [0.2, 0.25) is 5.91 Å². The van der Waals surface area contributed by atoms with Gasteiger partial charge in [-0.1, -0.05) is 0 Å². The van der Waals surface area contributed by atoms with Gasteiger partial charge in [0.05, 0.1) is 16.6 Å². The number of carbonyl (C=O) groups excluding carboxylic acids is 1. The number of halogens is 6. The van der Waals surface area contributed by atoms with E-state index in [2.05, 4.69) is 25.0 Å². The van der Waals surface area contributed by atoms with E-state index in [0.29, 0.717) is 11.3 Å². The minimum Gasteiger partial charge on any atom is -0.359 e. The van der Waals surface area contributed by atoms with Crippen LogP contribution in [0.15, 0.2) is 18.6 Å². The SMILES string of the molecule is C[C@@H](Nc1cc(-c2cnc(C(F)(F)F)s2)ncn1)C(=O)N1C[C@H](OC(F)(F)F)[C@@H]1C. The van der Waals surface area contributed by atoms with Crippen molar-refractivity contribution in [2.24, 2.45) is 0 Å². The first kappa shape index (κ1) is 22.2. The first-order valence-electron chi connectivity index (χ1n) is 8.52. The Hall–Kier alpha value is -2.48. The zero-order valence-electron chi connectivity index (χ0n) is 15.5. The van der Waals surface area contributed by atoms with Gasteiger partial charge in [-0.3, -0.25) is 9.53 Å². The van der Waals surface area contributed by atoms with Crippen molar-refractivity contribution in [3.8, 4) is 10.6 Å². The lowest BCUT2D eigenvalue weighted by atomic mass is 10.00. The number of carbonyl (C=O) groups is 1. The van der Waals surface area contributed by atoms with Crippen LogP contribution in [0.3, 0.4) is 0 Å². The lowest BCUT2D eigenvalue weighted by Crippen LogP contribution is -2.64. The van der Waals surface area contributed by atoms with E-state index in [9.17, 15) is 31.1 Å². The average Bonchev–Trinajstić information content (AvgIpc) is 3.14. The van der Waals surface area contributed by atoms with E-state index in [1.54, 1.807) is 0 Å². The van der Waals surface area contributed by atoms with E-state index >= 15 is 0 Å². The molecular formula is C16H15F6N5O2S. The topological polar surface area (TPSA) is 80.2 Å². The molecule has 1 aliphatic heterocycles. The minimum atomic E-state index is -4.78. The van der Waals surface area contributed by atoms with Crippen LogP contribution in [0.5, 0.6) is 0 Å². The van der Waals surface area contributed by atoms with Crippen molar-refractivity contribution in [3.05, 3.63) is 23.6 Å². The molecule has 7 nitrogen and oxygen atoms in total. The van der Waals surface area contributed by atoms with Gasteiger partial charge >= 0.3 is 12.5 Å². The van der Waals surface area contributed by atoms with E-state index in [-0.39, 0.29) is 22.9 Å². The zero-order valence-corrected chi connectivity index (χ0v) is 16.3. The van der Waals surface area contributed by atoms with E-state index in [1.165, 1.54) is 24.8 Å². The van der Waals surface area contributed by atoms with Crippen LogP contribution < -0.4 is 5.32 Å². The highest BCUT2D eigenvalue weighted by atomic mass is 32.1. The number of nitrogens with one attached hydrogen (secondary N) is 1. The highest BCUT2D eigenvalue weighted by molar-refractivity contribution is 7.15. The number of aromatic nitrogens is 3. The molecule has 2 aromatic heterocycles. The van der Waals surface area contributed by atoms with Crippen molar-refractivity contribution in [1.29, 1.82) is 0 Å². The molecule has 1 fully saturated rings. The summed E-state index contributed by atoms with van der Waals surface area (Å²) in [5.74, 6) is -0.305. The molecule has 164 valence electrons. The van der Waals surface area contributed by atoms with Crippen LogP contribution in [0.25, 0.3) is 10.6 Å². The lowest BCUT2D eigenvalue weighted by molar-refractivity contribution is -0.359. The standard InChI is InChI=1S/C16H15F6N5O2S/c1-7(13(28)27-5-10(8(27)2)29-16(20,21)22)26-12-3-9(24-6-25-12)11-4-23-14(30-11)15(17,18)19/h3-4,6-8,10H,5H2,1-2H3,(H,24,25,26)/t7-,8+,10+/m1/s1. The summed E-state index contributed by atoms with van der Waals surface area (Å²) in [7, 11) is 0. The summed E-state index contributed by atoms with van der Waals surface area (Å²) in [5, 5.41) is 1.76. The number of nitrogens with zero attached hydrogens (tertiary/aromatic N) is 4. The minimum absolute atomic E-state index is 0.162. The van der Waals surface area contributed by atoms with E-state index in [0.717, 1.165) is 12.5 Å². The number of alkyl halides is 6. The quantitative estimate of drug-likeness (QED) is 0.695. The molecule has 3 atom stereocenters. The number of hydrogen-bond acceptors (Lipinski definition) is 7. The Bertz CT molecular complexity index is 918. The fourth-order valence-electron chi connectivity index (χ4n) is 2.80. The van der Waals surface area contributed by atoms with Gasteiger partial charge in [-0.2, -0.15) is 13.2 Å². The summed E-state index contributed by atoms with van der Waals surface area (Å²) in [6, 6.07) is -0.261. The number of hydrogen-bond donors (Lipinski definition) is 1. The number of ether oxygens (including phenoxy) is 1. The van der Waals surface area contributed by atoms with Gasteiger partial charge in [0.15, 0.2) is 5.01 Å². The molecule has 0 aromatic carbocycles. The molecule has 0 spiro atoms. The monoisotopic (exact) mass is 455 g/mol. The molecule has 1 amide bonds. The maximum atomic E-state index is 12.7. The number of anilines is 1. The van der Waals surface area contributed by atoms with Crippen molar-refractivity contribution in [2.75, 3.05) is 11.9 Å². The maximum absolute atomic E-state index is 12.7. The van der Waals surface area contributed by atoms with Crippen molar-refractivity contribution >= 4 is 23.1 Å². The molecule has 0 bridgehead atoms. The Labute approximate surface area is 170 Å². The molecule has 0 saturated carbocycles. The molecule has 30 heavy (non-hydrogen) atoms. The van der Waals surface area contributed by atoms with Gasteiger partial charge in [-0.05, 0) is 13.8 Å². The van der Waals surface area contributed by atoms with Gasteiger partial charge < -0.3 is 10.2 Å². The smallest absolute Gasteiger partial charge is 0.359 e. The van der Waals surface area contributed by atoms with Crippen molar-refractivity contribution < 1.29 is 35.9 Å². The van der Waals surface area contributed by atoms with Crippen LogP contribution in [0.2, 0.25) is 0 Å². The van der Waals surface area contributed by atoms with Crippen molar-refractivity contribution in [2.45, 2.75) is 44.6 Å². The Morgan fingerprint density at radius 2 is 1.97 bits per heavy atom. The number of thiazole rings is 1. The number of likely N-dealkylation sites (tertiary alicyclic amines) is 1. The van der Waals surface area contributed by atoms with Gasteiger partial charge in [0.25, 0.3) is 0 Å². The predicted molar refractivity (Wildman–Crippen MR) is 93.3 cm³/mol. The molecular weight excluding hydrogens is 440 g/mol. The van der Waals surface area contributed by atoms with Gasteiger partial charge in [-0.25, -0.2) is 15.0 Å². The Morgan fingerprint density at radius 3 is 2.53 bits per heavy atom. The van der Waals surface area contributed by atoms with Crippen LogP contribution in [-0.4, -0.2) is 56.9 Å². The number of rotatable bonds is 5. The summed E-state index contributed by atoms with van der Waals surface area (Å²) in [4.78, 5) is 25.0. The highest BCUT2D eigenvalue weighted by Gasteiger charge is 2.46. The van der Waals surface area contributed by atoms with Crippen molar-refractivity contribution in [3.63, 3.8) is 0 Å². The van der Waals surface area contributed by atoms with Crippen LogP contribution in [-0.2, 0) is 15.7 Å². The molecule has 3 rings (SSSR count). The largest absolute Gasteiger partial charge is 0.522 e. The summed E-state index contributed by atoms with van der Waals surface area (Å²) >= 11 is 0.414. The summed E-state index contributed by atoms with van der Waals surface area (Å²) < 4.78 is 79.0. The van der Waals surface area contributed by atoms with Gasteiger partial charge in [0.1, 0.15) is 24.3 Å². The second-order valence-corrected chi connectivity index (χ2v) is 7.55. The second kappa shape index (κ2) is 7.98. The second-order valence-electron chi connectivity index (χ2n) is 6.52. The molecule has 3 heterocycles. The third-order valence-electron chi connectivity index (χ3n) is 4.38. The Kier molecular flexibility index (Phi) is 5.91. The van der Waals surface area contributed by atoms with Crippen LogP contribution in [0.4, 0.5) is 32.2 Å². The molecule has 1 N–H and O–H groups in total. The molecule has 14 heteroatoms. The molecule has 1 aliphatic rings. The maximum Gasteiger partial charge on any atom is 0.522 e. The third kappa shape index (κ3) is 4.98. The Balaban J connectivity index is 1.64. The van der Waals surface area contributed by atoms with Crippen LogP contribution in [0, 0.1) is 0 Å². The molecule has 0 aliphatic carbocycles. The summed E-state index contributed by atoms with van der Waals surface area (Å²) in [6.07, 6.45) is -8.34. The van der Waals surface area contributed by atoms with Crippen molar-refractivity contribution in [1.82, 2.24) is 19.9 Å². The predicted octanol–water partition coefficient (Wildman–Crippen LogP) is 3.56. The van der Waals surface area contributed by atoms with E-state index < -0.39 is 41.6 Å². The first-order valence-corrected chi connectivity index (χ1v) is 9.34. The fourth-order valence-corrected chi connectivity index (χ4v) is 3.55. The summed E-state index contributed by atoms with van der Waals surface area (Å²) in [6.45, 7) is 2.72. The van der Waals surface area contributed by atoms with E-state index in [1.807, 2.05) is 0 Å². The van der Waals surface area contributed by atoms with Gasteiger partial charge in [-0.15, -0.1) is 24.5 Å². The molecule has 2 aromatic rings.